The second-order valence-corrected chi connectivity index (χ2v) is 5.40. The number of nitrogens with zero attached hydrogens (tertiary/aromatic N) is 4. The molecule has 22 heavy (non-hydrogen) atoms. The SMILES string of the molecule is ON=C(CN1CCC(c2cnccn2)C1)c1ccc(F)cc1. The molecule has 0 radical (unpaired) electrons. The molecule has 1 saturated heterocycles. The molecule has 1 aliphatic rings. The summed E-state index contributed by atoms with van der Waals surface area (Å²) < 4.78 is 13.0. The number of hydrogen-bond acceptors (Lipinski definition) is 5. The van der Waals surface area contributed by atoms with Gasteiger partial charge in [0.2, 0.25) is 0 Å². The smallest absolute Gasteiger partial charge is 0.123 e. The van der Waals surface area contributed by atoms with Crippen LogP contribution in [0.5, 0.6) is 0 Å². The van der Waals surface area contributed by atoms with Crippen LogP contribution >= 0.6 is 0 Å². The van der Waals surface area contributed by atoms with Crippen LogP contribution in [0.3, 0.4) is 0 Å². The van der Waals surface area contributed by atoms with Gasteiger partial charge in [0.1, 0.15) is 11.5 Å². The fourth-order valence-corrected chi connectivity index (χ4v) is 2.77. The summed E-state index contributed by atoms with van der Waals surface area (Å²) in [6, 6.07) is 5.99. The molecule has 1 fully saturated rings. The molecule has 6 heteroatoms. The quantitative estimate of drug-likeness (QED) is 0.534. The summed E-state index contributed by atoms with van der Waals surface area (Å²) in [4.78, 5) is 10.7. The average molecular weight is 300 g/mol. The van der Waals surface area contributed by atoms with Crippen LogP contribution in [0.1, 0.15) is 23.6 Å². The van der Waals surface area contributed by atoms with Gasteiger partial charge in [-0.05, 0) is 25.1 Å². The van der Waals surface area contributed by atoms with Gasteiger partial charge in [-0.3, -0.25) is 14.9 Å². The molecular weight excluding hydrogens is 283 g/mol. The predicted molar refractivity (Wildman–Crippen MR) is 80.6 cm³/mol. The lowest BCUT2D eigenvalue weighted by atomic mass is 10.1. The van der Waals surface area contributed by atoms with Crippen LogP contribution in [0.25, 0.3) is 0 Å². The molecule has 1 aliphatic heterocycles. The maximum absolute atomic E-state index is 13.0. The Balaban J connectivity index is 1.65. The normalized spacial score (nSPS) is 19.5. The summed E-state index contributed by atoms with van der Waals surface area (Å²) >= 11 is 0. The fourth-order valence-electron chi connectivity index (χ4n) is 2.77. The minimum Gasteiger partial charge on any atom is -0.411 e. The van der Waals surface area contributed by atoms with E-state index in [1.165, 1.54) is 12.1 Å². The molecule has 0 aliphatic carbocycles. The molecule has 0 bridgehead atoms. The molecule has 1 aromatic heterocycles. The molecule has 1 N–H and O–H groups in total. The molecule has 0 amide bonds. The van der Waals surface area contributed by atoms with Crippen molar-refractivity contribution >= 4 is 5.71 Å². The summed E-state index contributed by atoms with van der Waals surface area (Å²) in [7, 11) is 0. The minimum absolute atomic E-state index is 0.301. The Morgan fingerprint density at radius 3 is 2.82 bits per heavy atom. The molecule has 0 saturated carbocycles. The van der Waals surface area contributed by atoms with Crippen molar-refractivity contribution in [1.82, 2.24) is 14.9 Å². The van der Waals surface area contributed by atoms with Crippen molar-refractivity contribution in [1.29, 1.82) is 0 Å². The van der Waals surface area contributed by atoms with Gasteiger partial charge in [-0.2, -0.15) is 0 Å². The van der Waals surface area contributed by atoms with E-state index >= 15 is 0 Å². The topological polar surface area (TPSA) is 61.6 Å². The molecule has 5 nitrogen and oxygen atoms in total. The van der Waals surface area contributed by atoms with Crippen molar-refractivity contribution in [3.05, 3.63) is 59.9 Å². The highest BCUT2D eigenvalue weighted by Crippen LogP contribution is 2.25. The van der Waals surface area contributed by atoms with Gasteiger partial charge in [-0.25, -0.2) is 4.39 Å². The largest absolute Gasteiger partial charge is 0.411 e. The molecule has 2 heterocycles. The van der Waals surface area contributed by atoms with Crippen LogP contribution in [-0.4, -0.2) is 45.4 Å². The van der Waals surface area contributed by atoms with E-state index in [9.17, 15) is 9.60 Å². The molecule has 1 unspecified atom stereocenters. The van der Waals surface area contributed by atoms with Crippen LogP contribution < -0.4 is 0 Å². The highest BCUT2D eigenvalue weighted by atomic mass is 19.1. The molecule has 1 aromatic carbocycles. The summed E-state index contributed by atoms with van der Waals surface area (Å²) in [5, 5.41) is 12.6. The van der Waals surface area contributed by atoms with Crippen LogP contribution in [0.15, 0.2) is 48.0 Å². The standard InChI is InChI=1S/C16H17FN4O/c17-14-3-1-12(2-4-14)16(20-22)11-21-8-5-13(10-21)15-9-18-6-7-19-15/h1-4,6-7,9,13,22H,5,8,10-11H2. The van der Waals surface area contributed by atoms with Crippen LogP contribution in [-0.2, 0) is 0 Å². The van der Waals surface area contributed by atoms with E-state index < -0.39 is 0 Å². The van der Waals surface area contributed by atoms with Crippen molar-refractivity contribution in [3.63, 3.8) is 0 Å². The van der Waals surface area contributed by atoms with E-state index in [4.69, 9.17) is 0 Å². The van der Waals surface area contributed by atoms with E-state index in [2.05, 4.69) is 20.0 Å². The van der Waals surface area contributed by atoms with Gasteiger partial charge in [-0.1, -0.05) is 17.3 Å². The number of rotatable bonds is 4. The number of aromatic nitrogens is 2. The maximum atomic E-state index is 13.0. The average Bonchev–Trinajstić information content (AvgIpc) is 3.03. The second-order valence-electron chi connectivity index (χ2n) is 5.40. The first-order valence-corrected chi connectivity index (χ1v) is 7.21. The minimum atomic E-state index is -0.301. The van der Waals surface area contributed by atoms with Crippen molar-refractivity contribution in [2.24, 2.45) is 5.16 Å². The van der Waals surface area contributed by atoms with Crippen LogP contribution in [0, 0.1) is 5.82 Å². The second kappa shape index (κ2) is 6.62. The van der Waals surface area contributed by atoms with E-state index in [0.29, 0.717) is 18.2 Å². The zero-order valence-corrected chi connectivity index (χ0v) is 12.1. The summed E-state index contributed by atoms with van der Waals surface area (Å²) in [6.45, 7) is 2.28. The third-order valence-electron chi connectivity index (χ3n) is 3.95. The number of benzene rings is 1. The van der Waals surface area contributed by atoms with Gasteiger partial charge in [0, 0.05) is 43.2 Å². The zero-order chi connectivity index (χ0) is 15.4. The van der Waals surface area contributed by atoms with Crippen molar-refractivity contribution in [2.75, 3.05) is 19.6 Å². The lowest BCUT2D eigenvalue weighted by molar-refractivity contribution is 0.311. The molecule has 2 aromatic rings. The van der Waals surface area contributed by atoms with E-state index in [1.807, 2.05) is 0 Å². The lowest BCUT2D eigenvalue weighted by Crippen LogP contribution is -2.28. The van der Waals surface area contributed by atoms with E-state index in [1.54, 1.807) is 30.7 Å². The van der Waals surface area contributed by atoms with E-state index in [0.717, 1.165) is 30.8 Å². The highest BCUT2D eigenvalue weighted by Gasteiger charge is 2.26. The predicted octanol–water partition coefficient (Wildman–Crippen LogP) is 2.28. The van der Waals surface area contributed by atoms with Crippen molar-refractivity contribution in [3.8, 4) is 0 Å². The van der Waals surface area contributed by atoms with Gasteiger partial charge in [0.05, 0.1) is 5.69 Å². The summed E-state index contributed by atoms with van der Waals surface area (Å²) in [5.74, 6) is 0.0480. The number of oxime groups is 1. The Hall–Kier alpha value is -2.34. The van der Waals surface area contributed by atoms with E-state index in [-0.39, 0.29) is 5.82 Å². The van der Waals surface area contributed by atoms with Crippen LogP contribution in [0.4, 0.5) is 4.39 Å². The first-order chi connectivity index (χ1) is 10.8. The van der Waals surface area contributed by atoms with Gasteiger partial charge in [0.25, 0.3) is 0 Å². The van der Waals surface area contributed by atoms with Gasteiger partial charge >= 0.3 is 0 Å². The van der Waals surface area contributed by atoms with Crippen molar-refractivity contribution in [2.45, 2.75) is 12.3 Å². The summed E-state index contributed by atoms with van der Waals surface area (Å²) in [6.07, 6.45) is 6.17. The molecular formula is C16H17FN4O. The zero-order valence-electron chi connectivity index (χ0n) is 12.1. The Kier molecular flexibility index (Phi) is 4.39. The Morgan fingerprint density at radius 1 is 1.32 bits per heavy atom. The number of halogens is 1. The number of hydrogen-bond donors (Lipinski definition) is 1. The summed E-state index contributed by atoms with van der Waals surface area (Å²) in [5.41, 5.74) is 2.26. The number of likely N-dealkylation sites (tertiary alicyclic amines) is 1. The first-order valence-electron chi connectivity index (χ1n) is 7.21. The highest BCUT2D eigenvalue weighted by molar-refractivity contribution is 6.01. The van der Waals surface area contributed by atoms with Gasteiger partial charge < -0.3 is 5.21 Å². The molecule has 3 rings (SSSR count). The van der Waals surface area contributed by atoms with Crippen LogP contribution in [0.2, 0.25) is 0 Å². The van der Waals surface area contributed by atoms with Crippen molar-refractivity contribution < 1.29 is 9.60 Å². The lowest BCUT2D eigenvalue weighted by Gasteiger charge is -2.16. The third kappa shape index (κ3) is 3.28. The fraction of sp³-hybridized carbons (Fsp3) is 0.312. The molecule has 0 spiro atoms. The Labute approximate surface area is 128 Å². The molecule has 114 valence electrons. The Morgan fingerprint density at radius 2 is 2.14 bits per heavy atom. The third-order valence-corrected chi connectivity index (χ3v) is 3.95. The Bertz CT molecular complexity index is 645. The molecule has 1 atom stereocenters. The van der Waals surface area contributed by atoms with Gasteiger partial charge in [-0.15, -0.1) is 0 Å². The van der Waals surface area contributed by atoms with Gasteiger partial charge in [0.15, 0.2) is 0 Å². The monoisotopic (exact) mass is 300 g/mol. The maximum Gasteiger partial charge on any atom is 0.123 e. The first kappa shape index (κ1) is 14.6.